The summed E-state index contributed by atoms with van der Waals surface area (Å²) in [5.74, 6) is 1.64. The summed E-state index contributed by atoms with van der Waals surface area (Å²) in [7, 11) is 0. The summed E-state index contributed by atoms with van der Waals surface area (Å²) in [4.78, 5) is 4.10. The topological polar surface area (TPSA) is 12.9 Å². The molecule has 11 heavy (non-hydrogen) atoms. The van der Waals surface area contributed by atoms with Crippen LogP contribution in [0.2, 0.25) is 0 Å². The van der Waals surface area contributed by atoms with E-state index in [1.165, 1.54) is 12.0 Å². The molecule has 2 unspecified atom stereocenters. The molecule has 1 aromatic rings. The molecule has 2 heteroatoms. The van der Waals surface area contributed by atoms with Crippen molar-refractivity contribution in [1.29, 1.82) is 0 Å². The Kier molecular flexibility index (Phi) is 1.95. The lowest BCUT2D eigenvalue weighted by Gasteiger charge is -1.95. The Hall–Kier alpha value is -0.370. The lowest BCUT2D eigenvalue weighted by molar-refractivity contribution is 0.930. The molecule has 0 saturated heterocycles. The van der Waals surface area contributed by atoms with Gasteiger partial charge in [-0.2, -0.15) is 0 Å². The molecule has 1 heterocycles. The highest BCUT2D eigenvalue weighted by molar-refractivity contribution is 9.09. The molecular weight excluding hydrogens is 202 g/mol. The molecule has 0 N–H and O–H groups in total. The Labute approximate surface area is 75.0 Å². The fraction of sp³-hybridized carbons (Fsp3) is 0.444. The summed E-state index contributed by atoms with van der Waals surface area (Å²) in [6.07, 6.45) is 5.14. The first-order chi connectivity index (χ1) is 5.42. The molecule has 58 valence electrons. The Morgan fingerprint density at radius 3 is 3.09 bits per heavy atom. The average Bonchev–Trinajstić information content (AvgIpc) is 2.85. The molecule has 1 aliphatic carbocycles. The minimum Gasteiger partial charge on any atom is -0.264 e. The standard InChI is InChI=1S/C9H10BrN/c10-5-8-4-9(8)7-2-1-3-11-6-7/h1-3,6,8-9H,4-5H2. The maximum atomic E-state index is 4.10. The second-order valence-electron chi connectivity index (χ2n) is 3.04. The van der Waals surface area contributed by atoms with Gasteiger partial charge in [-0.05, 0) is 29.9 Å². The van der Waals surface area contributed by atoms with Gasteiger partial charge in [0.25, 0.3) is 0 Å². The quantitative estimate of drug-likeness (QED) is 0.686. The average molecular weight is 212 g/mol. The summed E-state index contributed by atoms with van der Waals surface area (Å²) < 4.78 is 0. The first kappa shape index (κ1) is 7.29. The summed E-state index contributed by atoms with van der Waals surface area (Å²) in [6, 6.07) is 4.18. The van der Waals surface area contributed by atoms with Gasteiger partial charge in [0, 0.05) is 17.7 Å². The van der Waals surface area contributed by atoms with E-state index in [1.807, 2.05) is 18.5 Å². The molecular formula is C9H10BrN. The number of hydrogen-bond acceptors (Lipinski definition) is 1. The molecule has 0 radical (unpaired) electrons. The van der Waals surface area contributed by atoms with Crippen molar-refractivity contribution in [2.24, 2.45) is 5.92 Å². The molecule has 1 nitrogen and oxygen atoms in total. The summed E-state index contributed by atoms with van der Waals surface area (Å²) in [6.45, 7) is 0. The third-order valence-corrected chi connectivity index (χ3v) is 3.07. The first-order valence-corrected chi connectivity index (χ1v) is 5.00. The molecule has 1 saturated carbocycles. The molecule has 1 aliphatic rings. The van der Waals surface area contributed by atoms with Gasteiger partial charge in [0.1, 0.15) is 0 Å². The SMILES string of the molecule is BrCC1CC1c1cccnc1. The summed E-state index contributed by atoms with van der Waals surface area (Å²) >= 11 is 3.49. The highest BCUT2D eigenvalue weighted by atomic mass is 79.9. The maximum Gasteiger partial charge on any atom is 0.0302 e. The van der Waals surface area contributed by atoms with Crippen molar-refractivity contribution in [2.75, 3.05) is 5.33 Å². The molecule has 2 atom stereocenters. The molecule has 1 fully saturated rings. The van der Waals surface area contributed by atoms with Gasteiger partial charge in [-0.15, -0.1) is 0 Å². The first-order valence-electron chi connectivity index (χ1n) is 3.87. The summed E-state index contributed by atoms with van der Waals surface area (Å²) in [5, 5.41) is 1.13. The Balaban J connectivity index is 2.09. The van der Waals surface area contributed by atoms with E-state index in [4.69, 9.17) is 0 Å². The number of halogens is 1. The van der Waals surface area contributed by atoms with E-state index in [0.29, 0.717) is 0 Å². The van der Waals surface area contributed by atoms with Crippen LogP contribution in [-0.4, -0.2) is 10.3 Å². The fourth-order valence-electron chi connectivity index (χ4n) is 1.42. The lowest BCUT2D eigenvalue weighted by atomic mass is 10.2. The largest absolute Gasteiger partial charge is 0.264 e. The van der Waals surface area contributed by atoms with Crippen LogP contribution in [-0.2, 0) is 0 Å². The van der Waals surface area contributed by atoms with Gasteiger partial charge in [-0.25, -0.2) is 0 Å². The van der Waals surface area contributed by atoms with Crippen LogP contribution in [0.4, 0.5) is 0 Å². The van der Waals surface area contributed by atoms with Crippen molar-refractivity contribution in [3.05, 3.63) is 30.1 Å². The molecule has 0 aliphatic heterocycles. The number of pyridine rings is 1. The van der Waals surface area contributed by atoms with Crippen LogP contribution in [0.25, 0.3) is 0 Å². The lowest BCUT2D eigenvalue weighted by Crippen LogP contribution is -1.84. The Morgan fingerprint density at radius 2 is 2.55 bits per heavy atom. The number of alkyl halides is 1. The zero-order chi connectivity index (χ0) is 7.68. The zero-order valence-corrected chi connectivity index (χ0v) is 7.79. The highest BCUT2D eigenvalue weighted by Crippen LogP contribution is 2.47. The van der Waals surface area contributed by atoms with Crippen LogP contribution in [0.3, 0.4) is 0 Å². The maximum absolute atomic E-state index is 4.10. The van der Waals surface area contributed by atoms with Crippen molar-refractivity contribution in [3.63, 3.8) is 0 Å². The number of hydrogen-bond donors (Lipinski definition) is 0. The second kappa shape index (κ2) is 2.94. The van der Waals surface area contributed by atoms with Gasteiger partial charge < -0.3 is 0 Å². The zero-order valence-electron chi connectivity index (χ0n) is 6.20. The predicted molar refractivity (Wildman–Crippen MR) is 48.9 cm³/mol. The van der Waals surface area contributed by atoms with E-state index in [1.54, 1.807) is 0 Å². The number of rotatable bonds is 2. The van der Waals surface area contributed by atoms with Crippen LogP contribution < -0.4 is 0 Å². The van der Waals surface area contributed by atoms with Gasteiger partial charge in [-0.1, -0.05) is 22.0 Å². The van der Waals surface area contributed by atoms with Crippen molar-refractivity contribution >= 4 is 15.9 Å². The van der Waals surface area contributed by atoms with E-state index in [9.17, 15) is 0 Å². The predicted octanol–water partition coefficient (Wildman–Crippen LogP) is 2.58. The van der Waals surface area contributed by atoms with E-state index >= 15 is 0 Å². The number of aromatic nitrogens is 1. The van der Waals surface area contributed by atoms with E-state index in [2.05, 4.69) is 27.0 Å². The minimum atomic E-state index is 0.781. The van der Waals surface area contributed by atoms with Crippen molar-refractivity contribution in [3.8, 4) is 0 Å². The normalized spacial score (nSPS) is 28.5. The van der Waals surface area contributed by atoms with Crippen LogP contribution in [0.5, 0.6) is 0 Å². The smallest absolute Gasteiger partial charge is 0.0302 e. The van der Waals surface area contributed by atoms with E-state index in [-0.39, 0.29) is 0 Å². The van der Waals surface area contributed by atoms with Crippen LogP contribution >= 0.6 is 15.9 Å². The third kappa shape index (κ3) is 1.45. The Morgan fingerprint density at radius 1 is 1.64 bits per heavy atom. The van der Waals surface area contributed by atoms with Crippen LogP contribution in [0.15, 0.2) is 24.5 Å². The highest BCUT2D eigenvalue weighted by Gasteiger charge is 2.36. The molecule has 0 amide bonds. The van der Waals surface area contributed by atoms with Crippen molar-refractivity contribution in [1.82, 2.24) is 4.98 Å². The molecule has 0 bridgehead atoms. The minimum absolute atomic E-state index is 0.781. The van der Waals surface area contributed by atoms with Gasteiger partial charge in [0.2, 0.25) is 0 Å². The second-order valence-corrected chi connectivity index (χ2v) is 3.69. The van der Waals surface area contributed by atoms with E-state index in [0.717, 1.165) is 17.2 Å². The monoisotopic (exact) mass is 211 g/mol. The van der Waals surface area contributed by atoms with Crippen LogP contribution in [0.1, 0.15) is 17.9 Å². The van der Waals surface area contributed by atoms with Gasteiger partial charge in [-0.3, -0.25) is 4.98 Å². The van der Waals surface area contributed by atoms with Gasteiger partial charge in [0.05, 0.1) is 0 Å². The molecule has 1 aromatic heterocycles. The Bertz CT molecular complexity index is 235. The van der Waals surface area contributed by atoms with Crippen molar-refractivity contribution < 1.29 is 0 Å². The van der Waals surface area contributed by atoms with E-state index < -0.39 is 0 Å². The third-order valence-electron chi connectivity index (χ3n) is 2.23. The fourth-order valence-corrected chi connectivity index (χ4v) is 2.14. The molecule has 0 spiro atoms. The van der Waals surface area contributed by atoms with Gasteiger partial charge in [0.15, 0.2) is 0 Å². The summed E-state index contributed by atoms with van der Waals surface area (Å²) in [5.41, 5.74) is 1.40. The molecule has 0 aromatic carbocycles. The van der Waals surface area contributed by atoms with Gasteiger partial charge >= 0.3 is 0 Å². The van der Waals surface area contributed by atoms with Crippen molar-refractivity contribution in [2.45, 2.75) is 12.3 Å². The number of nitrogens with zero attached hydrogens (tertiary/aromatic N) is 1. The van der Waals surface area contributed by atoms with Crippen LogP contribution in [0, 0.1) is 5.92 Å². The molecule has 2 rings (SSSR count).